The van der Waals surface area contributed by atoms with Crippen molar-refractivity contribution in [3.05, 3.63) is 0 Å². The summed E-state index contributed by atoms with van der Waals surface area (Å²) in [6, 6.07) is 0. The molecule has 1 atom stereocenters. The lowest BCUT2D eigenvalue weighted by atomic mass is 9.94. The van der Waals surface area contributed by atoms with Gasteiger partial charge >= 0.3 is 0 Å². The van der Waals surface area contributed by atoms with Gasteiger partial charge in [0.2, 0.25) is 5.91 Å². The van der Waals surface area contributed by atoms with Gasteiger partial charge in [0.25, 0.3) is 0 Å². The minimum Gasteiger partial charge on any atom is -0.356 e. The molecule has 0 heterocycles. The second kappa shape index (κ2) is 14.3. The lowest BCUT2D eigenvalue weighted by Crippen LogP contribution is -2.32. The molecule has 126 valence electrons. The van der Waals surface area contributed by atoms with Crippen LogP contribution in [-0.2, 0) is 4.79 Å². The Morgan fingerprint density at radius 3 is 2.14 bits per heavy atom. The van der Waals surface area contributed by atoms with Crippen LogP contribution in [-0.4, -0.2) is 36.3 Å². The Bertz CT molecular complexity index is 245. The molecule has 1 amide bonds. The first kappa shape index (κ1) is 20.4. The molecular formula is C17H36N2O2. The first-order valence-electron chi connectivity index (χ1n) is 8.79. The van der Waals surface area contributed by atoms with E-state index < -0.39 is 0 Å². The van der Waals surface area contributed by atoms with Gasteiger partial charge in [0.05, 0.1) is 0 Å². The van der Waals surface area contributed by atoms with Gasteiger partial charge in [-0.3, -0.25) is 4.79 Å². The first-order valence-corrected chi connectivity index (χ1v) is 8.79. The lowest BCUT2D eigenvalue weighted by molar-refractivity contribution is -0.125. The highest BCUT2D eigenvalue weighted by Crippen LogP contribution is 2.18. The van der Waals surface area contributed by atoms with E-state index >= 15 is 0 Å². The Balaban J connectivity index is 3.99. The average molecular weight is 300 g/mol. The largest absolute Gasteiger partial charge is 0.356 e. The molecule has 4 nitrogen and oxygen atoms in total. The van der Waals surface area contributed by atoms with Gasteiger partial charge in [0.1, 0.15) is 0 Å². The number of nitrogens with one attached hydrogen (secondary N) is 1. The maximum absolute atomic E-state index is 12.3. The van der Waals surface area contributed by atoms with Crippen LogP contribution in [0, 0.1) is 5.92 Å². The van der Waals surface area contributed by atoms with Gasteiger partial charge in [0.15, 0.2) is 0 Å². The quantitative estimate of drug-likeness (QED) is 0.377. The average Bonchev–Trinajstić information content (AvgIpc) is 2.45. The third-order valence-electron chi connectivity index (χ3n) is 3.89. The van der Waals surface area contributed by atoms with E-state index in [1.54, 1.807) is 7.05 Å². The number of nitrogens with zero attached hydrogens (tertiary/aromatic N) is 1. The fourth-order valence-electron chi connectivity index (χ4n) is 2.53. The lowest BCUT2D eigenvalue weighted by Gasteiger charge is -2.17. The monoisotopic (exact) mass is 300 g/mol. The van der Waals surface area contributed by atoms with E-state index in [4.69, 9.17) is 5.21 Å². The predicted molar refractivity (Wildman–Crippen MR) is 88.4 cm³/mol. The van der Waals surface area contributed by atoms with E-state index in [2.05, 4.69) is 19.2 Å². The normalized spacial score (nSPS) is 12.6. The summed E-state index contributed by atoms with van der Waals surface area (Å²) in [4.78, 5) is 12.3. The molecule has 21 heavy (non-hydrogen) atoms. The van der Waals surface area contributed by atoms with Crippen LogP contribution in [0.3, 0.4) is 0 Å². The topological polar surface area (TPSA) is 52.6 Å². The minimum atomic E-state index is 0.181. The van der Waals surface area contributed by atoms with Crippen molar-refractivity contribution in [1.82, 2.24) is 10.4 Å². The molecule has 1 unspecified atom stereocenters. The van der Waals surface area contributed by atoms with Crippen LogP contribution in [0.2, 0.25) is 0 Å². The van der Waals surface area contributed by atoms with Gasteiger partial charge in [-0.15, -0.1) is 0 Å². The van der Waals surface area contributed by atoms with Crippen LogP contribution < -0.4 is 5.32 Å². The van der Waals surface area contributed by atoms with Gasteiger partial charge in [-0.05, 0) is 19.3 Å². The molecule has 0 bridgehead atoms. The Kier molecular flexibility index (Phi) is 13.9. The molecule has 4 heteroatoms. The van der Waals surface area contributed by atoms with Crippen LogP contribution >= 0.6 is 0 Å². The van der Waals surface area contributed by atoms with Crippen molar-refractivity contribution >= 4 is 5.91 Å². The van der Waals surface area contributed by atoms with Gasteiger partial charge in [-0.25, -0.2) is 0 Å². The molecule has 0 saturated carbocycles. The number of hydroxylamine groups is 2. The number of hydrogen-bond donors (Lipinski definition) is 2. The number of carbonyl (C=O) groups is 1. The number of unbranched alkanes of at least 4 members (excludes halogenated alkanes) is 5. The van der Waals surface area contributed by atoms with Crippen molar-refractivity contribution < 1.29 is 10.0 Å². The summed E-state index contributed by atoms with van der Waals surface area (Å²) in [6.45, 7) is 5.66. The van der Waals surface area contributed by atoms with Crippen LogP contribution in [0.15, 0.2) is 0 Å². The molecule has 0 aliphatic rings. The Morgan fingerprint density at radius 2 is 1.57 bits per heavy atom. The number of amides is 1. The fraction of sp³-hybridized carbons (Fsp3) is 0.941. The molecule has 0 fully saturated rings. The molecular weight excluding hydrogens is 264 g/mol. The third kappa shape index (κ3) is 12.8. The molecule has 0 rings (SSSR count). The highest BCUT2D eigenvalue weighted by atomic mass is 16.5. The van der Waals surface area contributed by atoms with Crippen LogP contribution in [0.4, 0.5) is 0 Å². The maximum atomic E-state index is 12.3. The van der Waals surface area contributed by atoms with Gasteiger partial charge in [-0.1, -0.05) is 58.8 Å². The summed E-state index contributed by atoms with van der Waals surface area (Å²) in [5, 5.41) is 13.2. The molecule has 0 saturated heterocycles. The van der Waals surface area contributed by atoms with E-state index in [1.165, 1.54) is 32.1 Å². The summed E-state index contributed by atoms with van der Waals surface area (Å²) < 4.78 is 0. The van der Waals surface area contributed by atoms with Gasteiger partial charge in [0, 0.05) is 26.1 Å². The van der Waals surface area contributed by atoms with Crippen molar-refractivity contribution in [3.8, 4) is 0 Å². The van der Waals surface area contributed by atoms with Crippen molar-refractivity contribution in [2.75, 3.05) is 20.1 Å². The summed E-state index contributed by atoms with van der Waals surface area (Å²) in [5.74, 6) is 0.392. The summed E-state index contributed by atoms with van der Waals surface area (Å²) in [7, 11) is 1.63. The molecule has 0 aromatic rings. The van der Waals surface area contributed by atoms with Crippen molar-refractivity contribution in [1.29, 1.82) is 0 Å². The summed E-state index contributed by atoms with van der Waals surface area (Å²) in [5.41, 5.74) is 0. The standard InChI is InChI=1S/C17H36N2O2/c1-4-6-8-10-13-16(12-9-7-5-2)17(20)18-14-11-15-19(3)21/h16,21H,4-15H2,1-3H3,(H,18,20). The Morgan fingerprint density at radius 1 is 1.00 bits per heavy atom. The minimum absolute atomic E-state index is 0.181. The van der Waals surface area contributed by atoms with Gasteiger partial charge in [-0.2, -0.15) is 5.06 Å². The highest BCUT2D eigenvalue weighted by molar-refractivity contribution is 5.78. The zero-order valence-corrected chi connectivity index (χ0v) is 14.4. The van der Waals surface area contributed by atoms with E-state index in [-0.39, 0.29) is 11.8 Å². The van der Waals surface area contributed by atoms with Crippen LogP contribution in [0.25, 0.3) is 0 Å². The second-order valence-corrected chi connectivity index (χ2v) is 6.07. The fourth-order valence-corrected chi connectivity index (χ4v) is 2.53. The second-order valence-electron chi connectivity index (χ2n) is 6.07. The zero-order valence-electron chi connectivity index (χ0n) is 14.4. The van der Waals surface area contributed by atoms with Gasteiger partial charge < -0.3 is 10.5 Å². The highest BCUT2D eigenvalue weighted by Gasteiger charge is 2.17. The zero-order chi connectivity index (χ0) is 15.9. The number of rotatable bonds is 14. The van der Waals surface area contributed by atoms with Crippen molar-refractivity contribution in [2.24, 2.45) is 5.92 Å². The molecule has 0 spiro atoms. The first-order chi connectivity index (χ1) is 10.1. The van der Waals surface area contributed by atoms with E-state index in [0.29, 0.717) is 13.1 Å². The number of carbonyl (C=O) groups excluding carboxylic acids is 1. The molecule has 0 aliphatic heterocycles. The molecule has 0 aromatic carbocycles. The third-order valence-corrected chi connectivity index (χ3v) is 3.89. The summed E-state index contributed by atoms with van der Waals surface area (Å²) in [6.07, 6.45) is 11.3. The molecule has 0 aromatic heterocycles. The SMILES string of the molecule is CCCCCCC(CCCCC)C(=O)NCCCN(C)O. The number of hydrogen-bond acceptors (Lipinski definition) is 3. The molecule has 2 N–H and O–H groups in total. The van der Waals surface area contributed by atoms with E-state index in [0.717, 1.165) is 37.2 Å². The van der Waals surface area contributed by atoms with Crippen LogP contribution in [0.5, 0.6) is 0 Å². The Hall–Kier alpha value is -0.610. The predicted octanol–water partition coefficient (Wildman–Crippen LogP) is 3.98. The molecule has 0 aliphatic carbocycles. The molecule has 0 radical (unpaired) electrons. The van der Waals surface area contributed by atoms with Crippen molar-refractivity contribution in [2.45, 2.75) is 78.1 Å². The smallest absolute Gasteiger partial charge is 0.223 e. The van der Waals surface area contributed by atoms with E-state index in [9.17, 15) is 4.79 Å². The van der Waals surface area contributed by atoms with Crippen LogP contribution in [0.1, 0.15) is 78.1 Å². The summed E-state index contributed by atoms with van der Waals surface area (Å²) >= 11 is 0. The maximum Gasteiger partial charge on any atom is 0.223 e. The Labute approximate surface area is 131 Å². The van der Waals surface area contributed by atoms with E-state index in [1.807, 2.05) is 0 Å². The van der Waals surface area contributed by atoms with Crippen molar-refractivity contribution in [3.63, 3.8) is 0 Å².